The number of nitriles is 1. The Hall–Kier alpha value is -2.82. The van der Waals surface area contributed by atoms with Crippen LogP contribution in [-0.4, -0.2) is 13.4 Å². The van der Waals surface area contributed by atoms with Crippen LogP contribution in [0.3, 0.4) is 0 Å². The third-order valence-corrected chi connectivity index (χ3v) is 6.04. The van der Waals surface area contributed by atoms with Gasteiger partial charge in [0.25, 0.3) is 10.0 Å². The highest BCUT2D eigenvalue weighted by Gasteiger charge is 2.17. The Morgan fingerprint density at radius 2 is 1.77 bits per heavy atom. The van der Waals surface area contributed by atoms with Crippen molar-refractivity contribution in [2.24, 2.45) is 0 Å². The Bertz CT molecular complexity index is 1070. The van der Waals surface area contributed by atoms with E-state index in [4.69, 9.17) is 0 Å². The van der Waals surface area contributed by atoms with Gasteiger partial charge in [0, 0.05) is 11.1 Å². The van der Waals surface area contributed by atoms with Gasteiger partial charge < -0.3 is 0 Å². The number of rotatable bonds is 5. The lowest BCUT2D eigenvalue weighted by molar-refractivity contribution is 0.601. The molecular formula is C19H15N3O2S2. The van der Waals surface area contributed by atoms with Crippen molar-refractivity contribution in [3.63, 3.8) is 0 Å². The molecule has 1 heterocycles. The number of sulfonamides is 1. The lowest BCUT2D eigenvalue weighted by Gasteiger charge is -2.12. The number of para-hydroxylation sites is 1. The van der Waals surface area contributed by atoms with Crippen LogP contribution in [0, 0.1) is 18.3 Å². The van der Waals surface area contributed by atoms with E-state index >= 15 is 0 Å². The zero-order chi connectivity index (χ0) is 18.6. The van der Waals surface area contributed by atoms with E-state index < -0.39 is 10.0 Å². The highest BCUT2D eigenvalue weighted by Crippen LogP contribution is 2.34. The standard InChI is InChI=1S/C19H15N3O2S2/c1-14-8-10-16(11-9-14)26(23,24)22-17-6-2-3-7-18(17)25-19-15(13-20)5-4-12-21-19/h2-12,22H,1H3. The second kappa shape index (κ2) is 7.60. The predicted octanol–water partition coefficient (Wildman–Crippen LogP) is 4.21. The summed E-state index contributed by atoms with van der Waals surface area (Å²) < 4.78 is 27.9. The molecule has 0 bridgehead atoms. The fraction of sp³-hybridized carbons (Fsp3) is 0.0526. The van der Waals surface area contributed by atoms with Gasteiger partial charge in [-0.3, -0.25) is 4.72 Å². The third kappa shape index (κ3) is 4.04. The minimum atomic E-state index is -3.71. The van der Waals surface area contributed by atoms with E-state index in [-0.39, 0.29) is 4.90 Å². The molecule has 0 fully saturated rings. The van der Waals surface area contributed by atoms with Gasteiger partial charge in [0.2, 0.25) is 0 Å². The fourth-order valence-electron chi connectivity index (χ4n) is 2.22. The topological polar surface area (TPSA) is 82.8 Å². The van der Waals surface area contributed by atoms with Crippen molar-refractivity contribution >= 4 is 27.5 Å². The smallest absolute Gasteiger partial charge is 0.261 e. The molecule has 0 amide bonds. The maximum atomic E-state index is 12.7. The van der Waals surface area contributed by atoms with E-state index in [1.807, 2.05) is 6.92 Å². The summed E-state index contributed by atoms with van der Waals surface area (Å²) in [5.74, 6) is 0. The minimum Gasteiger partial charge on any atom is -0.278 e. The first-order chi connectivity index (χ1) is 12.5. The Balaban J connectivity index is 1.92. The second-order valence-corrected chi connectivity index (χ2v) is 8.20. The Morgan fingerprint density at radius 3 is 2.50 bits per heavy atom. The van der Waals surface area contributed by atoms with E-state index in [2.05, 4.69) is 15.8 Å². The molecule has 2 aromatic carbocycles. The lowest BCUT2D eigenvalue weighted by atomic mass is 10.2. The summed E-state index contributed by atoms with van der Waals surface area (Å²) in [6.07, 6.45) is 1.60. The van der Waals surface area contributed by atoms with Crippen LogP contribution in [0.15, 0.2) is 81.7 Å². The van der Waals surface area contributed by atoms with E-state index in [1.54, 1.807) is 66.9 Å². The summed E-state index contributed by atoms with van der Waals surface area (Å²) in [5.41, 5.74) is 1.86. The molecule has 0 aliphatic carbocycles. The van der Waals surface area contributed by atoms with E-state index in [0.29, 0.717) is 21.2 Å². The number of pyridine rings is 1. The molecule has 1 aromatic heterocycles. The number of hydrogen-bond acceptors (Lipinski definition) is 5. The first-order valence-corrected chi connectivity index (χ1v) is 10.0. The summed E-state index contributed by atoms with van der Waals surface area (Å²) in [5, 5.41) is 9.73. The van der Waals surface area contributed by atoms with Crippen molar-refractivity contribution in [3.8, 4) is 6.07 Å². The number of anilines is 1. The Labute approximate surface area is 156 Å². The molecule has 0 saturated heterocycles. The van der Waals surface area contributed by atoms with Crippen LogP contribution in [-0.2, 0) is 10.0 Å². The molecule has 3 rings (SSSR count). The van der Waals surface area contributed by atoms with Gasteiger partial charge in [0.15, 0.2) is 0 Å². The van der Waals surface area contributed by atoms with Crippen LogP contribution in [0.4, 0.5) is 5.69 Å². The number of aryl methyl sites for hydroxylation is 1. The van der Waals surface area contributed by atoms with Crippen molar-refractivity contribution in [3.05, 3.63) is 78.0 Å². The molecule has 0 atom stereocenters. The van der Waals surface area contributed by atoms with Gasteiger partial charge in [-0.25, -0.2) is 13.4 Å². The van der Waals surface area contributed by atoms with Gasteiger partial charge in [-0.1, -0.05) is 41.6 Å². The minimum absolute atomic E-state index is 0.193. The molecule has 5 nitrogen and oxygen atoms in total. The molecular weight excluding hydrogens is 366 g/mol. The molecule has 26 heavy (non-hydrogen) atoms. The summed E-state index contributed by atoms with van der Waals surface area (Å²) >= 11 is 1.24. The highest BCUT2D eigenvalue weighted by atomic mass is 32.2. The van der Waals surface area contributed by atoms with Crippen molar-refractivity contribution in [1.82, 2.24) is 4.98 Å². The molecule has 0 radical (unpaired) electrons. The van der Waals surface area contributed by atoms with Crippen molar-refractivity contribution in [2.75, 3.05) is 4.72 Å². The van der Waals surface area contributed by atoms with Crippen LogP contribution < -0.4 is 4.72 Å². The Kier molecular flexibility index (Phi) is 5.26. The Morgan fingerprint density at radius 1 is 1.04 bits per heavy atom. The summed E-state index contributed by atoms with van der Waals surface area (Å²) in [6, 6.07) is 19.1. The summed E-state index contributed by atoms with van der Waals surface area (Å²) in [7, 11) is -3.71. The number of nitrogens with zero attached hydrogens (tertiary/aromatic N) is 2. The van der Waals surface area contributed by atoms with Gasteiger partial charge >= 0.3 is 0 Å². The maximum Gasteiger partial charge on any atom is 0.261 e. The number of benzene rings is 2. The van der Waals surface area contributed by atoms with Gasteiger partial charge in [0.1, 0.15) is 11.1 Å². The van der Waals surface area contributed by atoms with E-state index in [1.165, 1.54) is 11.8 Å². The van der Waals surface area contributed by atoms with Crippen LogP contribution in [0.2, 0.25) is 0 Å². The van der Waals surface area contributed by atoms with Crippen molar-refractivity contribution < 1.29 is 8.42 Å². The lowest BCUT2D eigenvalue weighted by Crippen LogP contribution is -2.13. The highest BCUT2D eigenvalue weighted by molar-refractivity contribution is 7.99. The average molecular weight is 381 g/mol. The van der Waals surface area contributed by atoms with E-state index in [9.17, 15) is 13.7 Å². The van der Waals surface area contributed by atoms with Crippen LogP contribution in [0.25, 0.3) is 0 Å². The van der Waals surface area contributed by atoms with Crippen LogP contribution in [0.5, 0.6) is 0 Å². The van der Waals surface area contributed by atoms with Gasteiger partial charge in [0.05, 0.1) is 16.1 Å². The van der Waals surface area contributed by atoms with E-state index in [0.717, 1.165) is 5.56 Å². The molecule has 0 spiro atoms. The molecule has 7 heteroatoms. The molecule has 0 saturated carbocycles. The first kappa shape index (κ1) is 18.0. The molecule has 130 valence electrons. The summed E-state index contributed by atoms with van der Waals surface area (Å²) in [6.45, 7) is 1.90. The monoisotopic (exact) mass is 381 g/mol. The number of hydrogen-bond donors (Lipinski definition) is 1. The first-order valence-electron chi connectivity index (χ1n) is 7.71. The summed E-state index contributed by atoms with van der Waals surface area (Å²) in [4.78, 5) is 5.07. The number of aromatic nitrogens is 1. The molecule has 0 aliphatic heterocycles. The molecule has 1 N–H and O–H groups in total. The predicted molar refractivity (Wildman–Crippen MR) is 102 cm³/mol. The molecule has 0 unspecified atom stereocenters. The van der Waals surface area contributed by atoms with Gasteiger partial charge in [-0.15, -0.1) is 0 Å². The molecule has 0 aliphatic rings. The zero-order valence-corrected chi connectivity index (χ0v) is 15.5. The second-order valence-electron chi connectivity index (χ2n) is 5.48. The van der Waals surface area contributed by atoms with Crippen molar-refractivity contribution in [2.45, 2.75) is 21.7 Å². The number of nitrogens with one attached hydrogen (secondary N) is 1. The van der Waals surface area contributed by atoms with Gasteiger partial charge in [-0.05, 0) is 43.3 Å². The normalized spacial score (nSPS) is 10.9. The van der Waals surface area contributed by atoms with Gasteiger partial charge in [-0.2, -0.15) is 5.26 Å². The maximum absolute atomic E-state index is 12.7. The molecule has 3 aromatic rings. The fourth-order valence-corrected chi connectivity index (χ4v) is 4.29. The van der Waals surface area contributed by atoms with Crippen LogP contribution >= 0.6 is 11.8 Å². The quantitative estimate of drug-likeness (QED) is 0.716. The largest absolute Gasteiger partial charge is 0.278 e. The average Bonchev–Trinajstić information content (AvgIpc) is 2.64. The SMILES string of the molecule is Cc1ccc(S(=O)(=O)Nc2ccccc2Sc2ncccc2C#N)cc1. The zero-order valence-electron chi connectivity index (χ0n) is 13.9. The van der Waals surface area contributed by atoms with Crippen molar-refractivity contribution in [1.29, 1.82) is 5.26 Å². The van der Waals surface area contributed by atoms with Crippen LogP contribution in [0.1, 0.15) is 11.1 Å². The third-order valence-electron chi connectivity index (χ3n) is 3.56.